The average molecular weight is 274 g/mol. The molecule has 0 amide bonds. The molecule has 0 fully saturated rings. The summed E-state index contributed by atoms with van der Waals surface area (Å²) in [5.41, 5.74) is 1.40. The Kier molecular flexibility index (Phi) is 4.35. The van der Waals surface area contributed by atoms with Crippen LogP contribution in [0.5, 0.6) is 0 Å². The molecule has 0 radical (unpaired) electrons. The largest absolute Gasteiger partial charge is 0.306 e. The van der Waals surface area contributed by atoms with Crippen LogP contribution in [0.25, 0.3) is 0 Å². The average Bonchev–Trinajstić information content (AvgIpc) is 2.41. The van der Waals surface area contributed by atoms with Crippen molar-refractivity contribution in [3.05, 3.63) is 32.4 Å². The third-order valence-electron chi connectivity index (χ3n) is 2.15. The van der Waals surface area contributed by atoms with E-state index in [1.807, 2.05) is 11.3 Å². The first kappa shape index (κ1) is 12.0. The second kappa shape index (κ2) is 5.10. The Labute approximate surface area is 98.4 Å². The molecule has 1 unspecified atom stereocenters. The highest BCUT2D eigenvalue weighted by Gasteiger charge is 2.10. The zero-order valence-corrected chi connectivity index (χ0v) is 11.3. The van der Waals surface area contributed by atoms with E-state index in [9.17, 15) is 0 Å². The molecule has 1 nitrogen and oxygen atoms in total. The number of aryl methyl sites for hydroxylation is 2. The van der Waals surface area contributed by atoms with Gasteiger partial charge >= 0.3 is 0 Å². The Bertz CT molecular complexity index is 330. The summed E-state index contributed by atoms with van der Waals surface area (Å²) >= 11 is 5.20. The second-order valence-corrected chi connectivity index (χ2v) is 6.07. The molecule has 1 N–H and O–H groups in total. The van der Waals surface area contributed by atoms with Crippen LogP contribution in [0.4, 0.5) is 0 Å². The molecule has 1 aromatic heterocycles. The normalized spacial score (nSPS) is 12.9. The second-order valence-electron chi connectivity index (χ2n) is 3.49. The molecule has 1 aromatic rings. The number of thiophene rings is 1. The van der Waals surface area contributed by atoms with Crippen LogP contribution >= 0.6 is 27.3 Å². The van der Waals surface area contributed by atoms with Crippen molar-refractivity contribution >= 4 is 27.3 Å². The SMILES string of the molecule is C=C(Br)CNC(C)c1cc(C)sc1C. The Balaban J connectivity index is 2.64. The molecule has 0 aliphatic heterocycles. The van der Waals surface area contributed by atoms with E-state index >= 15 is 0 Å². The molecule has 0 bridgehead atoms. The van der Waals surface area contributed by atoms with Crippen LogP contribution < -0.4 is 5.32 Å². The van der Waals surface area contributed by atoms with Crippen LogP contribution in [-0.4, -0.2) is 6.54 Å². The first-order chi connectivity index (χ1) is 6.50. The highest BCUT2D eigenvalue weighted by Crippen LogP contribution is 2.26. The Hall–Kier alpha value is -0.120. The van der Waals surface area contributed by atoms with Crippen LogP contribution in [0.2, 0.25) is 0 Å². The van der Waals surface area contributed by atoms with E-state index in [1.54, 1.807) is 0 Å². The predicted molar refractivity (Wildman–Crippen MR) is 68.3 cm³/mol. The van der Waals surface area contributed by atoms with Crippen molar-refractivity contribution in [2.45, 2.75) is 26.8 Å². The molecule has 0 aliphatic carbocycles. The topological polar surface area (TPSA) is 12.0 Å². The van der Waals surface area contributed by atoms with Gasteiger partial charge in [-0.1, -0.05) is 22.5 Å². The monoisotopic (exact) mass is 273 g/mol. The lowest BCUT2D eigenvalue weighted by Gasteiger charge is -2.13. The van der Waals surface area contributed by atoms with Crippen LogP contribution in [0.1, 0.15) is 28.3 Å². The van der Waals surface area contributed by atoms with Gasteiger partial charge in [0.15, 0.2) is 0 Å². The number of nitrogens with one attached hydrogen (secondary N) is 1. The van der Waals surface area contributed by atoms with Crippen LogP contribution in [0.3, 0.4) is 0 Å². The zero-order valence-electron chi connectivity index (χ0n) is 8.86. The zero-order chi connectivity index (χ0) is 10.7. The van der Waals surface area contributed by atoms with Gasteiger partial charge in [-0.05, 0) is 32.4 Å². The lowest BCUT2D eigenvalue weighted by molar-refractivity contribution is 0.615. The highest BCUT2D eigenvalue weighted by atomic mass is 79.9. The van der Waals surface area contributed by atoms with Gasteiger partial charge in [-0.3, -0.25) is 0 Å². The number of hydrogen-bond donors (Lipinski definition) is 1. The van der Waals surface area contributed by atoms with Crippen LogP contribution in [0.15, 0.2) is 17.1 Å². The van der Waals surface area contributed by atoms with E-state index in [0.29, 0.717) is 6.04 Å². The third-order valence-corrected chi connectivity index (χ3v) is 3.41. The van der Waals surface area contributed by atoms with E-state index in [1.165, 1.54) is 15.3 Å². The molecule has 0 saturated heterocycles. The van der Waals surface area contributed by atoms with Crippen molar-refractivity contribution in [3.63, 3.8) is 0 Å². The summed E-state index contributed by atoms with van der Waals surface area (Å²) in [6.45, 7) is 11.1. The fraction of sp³-hybridized carbons (Fsp3) is 0.455. The summed E-state index contributed by atoms with van der Waals surface area (Å²) in [6, 6.07) is 2.66. The molecule has 0 spiro atoms. The highest BCUT2D eigenvalue weighted by molar-refractivity contribution is 9.11. The Morgan fingerprint density at radius 3 is 2.71 bits per heavy atom. The minimum absolute atomic E-state index is 0.397. The summed E-state index contributed by atoms with van der Waals surface area (Å²) < 4.78 is 0.994. The van der Waals surface area contributed by atoms with Gasteiger partial charge in [-0.2, -0.15) is 0 Å². The Morgan fingerprint density at radius 2 is 2.29 bits per heavy atom. The smallest absolute Gasteiger partial charge is 0.0306 e. The van der Waals surface area contributed by atoms with Gasteiger partial charge in [0.25, 0.3) is 0 Å². The van der Waals surface area contributed by atoms with Crippen molar-refractivity contribution in [1.29, 1.82) is 0 Å². The van der Waals surface area contributed by atoms with Crippen molar-refractivity contribution in [2.75, 3.05) is 6.54 Å². The summed E-state index contributed by atoms with van der Waals surface area (Å²) in [6.07, 6.45) is 0. The molecule has 78 valence electrons. The van der Waals surface area contributed by atoms with E-state index in [-0.39, 0.29) is 0 Å². The van der Waals surface area contributed by atoms with E-state index in [4.69, 9.17) is 0 Å². The maximum Gasteiger partial charge on any atom is 0.0306 e. The van der Waals surface area contributed by atoms with Gasteiger partial charge in [0.1, 0.15) is 0 Å². The van der Waals surface area contributed by atoms with Gasteiger partial charge in [0.2, 0.25) is 0 Å². The standard InChI is InChI=1S/C11H16BrNS/c1-7(12)6-13-9(3)11-5-8(2)14-10(11)4/h5,9,13H,1,6H2,2-4H3. The van der Waals surface area contributed by atoms with Crippen molar-refractivity contribution < 1.29 is 0 Å². The molecule has 1 atom stereocenters. The van der Waals surface area contributed by atoms with E-state index in [2.05, 4.69) is 54.7 Å². The summed E-state index contributed by atoms with van der Waals surface area (Å²) in [5, 5.41) is 3.41. The van der Waals surface area contributed by atoms with Gasteiger partial charge < -0.3 is 5.32 Å². The molecular formula is C11H16BrNS. The maximum atomic E-state index is 3.81. The molecule has 0 aromatic carbocycles. The number of halogens is 1. The quantitative estimate of drug-likeness (QED) is 0.877. The van der Waals surface area contributed by atoms with Gasteiger partial charge in [-0.25, -0.2) is 0 Å². The molecule has 1 rings (SSSR count). The predicted octanol–water partition coefficient (Wildman–Crippen LogP) is 3.92. The minimum atomic E-state index is 0.397. The van der Waals surface area contributed by atoms with Gasteiger partial charge in [0.05, 0.1) is 0 Å². The first-order valence-corrected chi connectivity index (χ1v) is 6.25. The van der Waals surface area contributed by atoms with Crippen LogP contribution in [0, 0.1) is 13.8 Å². The molecule has 0 aliphatic rings. The lowest BCUT2D eigenvalue weighted by atomic mass is 10.1. The Morgan fingerprint density at radius 1 is 1.64 bits per heavy atom. The number of rotatable bonds is 4. The van der Waals surface area contributed by atoms with Crippen LogP contribution in [-0.2, 0) is 0 Å². The minimum Gasteiger partial charge on any atom is -0.306 e. The summed E-state index contributed by atoms with van der Waals surface area (Å²) in [5.74, 6) is 0. The van der Waals surface area contributed by atoms with Crippen molar-refractivity contribution in [2.24, 2.45) is 0 Å². The maximum absolute atomic E-state index is 3.81. The van der Waals surface area contributed by atoms with E-state index in [0.717, 1.165) is 11.0 Å². The third kappa shape index (κ3) is 3.23. The van der Waals surface area contributed by atoms with Crippen molar-refractivity contribution in [3.8, 4) is 0 Å². The molecule has 1 heterocycles. The summed E-state index contributed by atoms with van der Waals surface area (Å²) in [4.78, 5) is 2.78. The molecule has 3 heteroatoms. The molecule has 14 heavy (non-hydrogen) atoms. The molecule has 0 saturated carbocycles. The summed E-state index contributed by atoms with van der Waals surface area (Å²) in [7, 11) is 0. The van der Waals surface area contributed by atoms with Gasteiger partial charge in [0, 0.05) is 26.8 Å². The lowest BCUT2D eigenvalue weighted by Crippen LogP contribution is -2.19. The van der Waals surface area contributed by atoms with Gasteiger partial charge in [-0.15, -0.1) is 11.3 Å². The molecular weight excluding hydrogens is 258 g/mol. The fourth-order valence-corrected chi connectivity index (χ4v) is 2.64. The number of hydrogen-bond acceptors (Lipinski definition) is 2. The van der Waals surface area contributed by atoms with Crippen molar-refractivity contribution in [1.82, 2.24) is 5.32 Å². The van der Waals surface area contributed by atoms with E-state index < -0.39 is 0 Å². The first-order valence-electron chi connectivity index (χ1n) is 4.64. The fourth-order valence-electron chi connectivity index (χ4n) is 1.45.